The van der Waals surface area contributed by atoms with E-state index in [1.54, 1.807) is 18.3 Å². The molecular weight excluding hydrogens is 245 g/mol. The van der Waals surface area contributed by atoms with Crippen LogP contribution in [0.5, 0.6) is 0 Å². The molecule has 0 aliphatic carbocycles. The molecule has 0 amide bonds. The smallest absolute Gasteiger partial charge is 0.158 e. The molecule has 0 fully saturated rings. The molecule has 0 radical (unpaired) electrons. The van der Waals surface area contributed by atoms with Gasteiger partial charge in [-0.15, -0.1) is 0 Å². The highest BCUT2D eigenvalue weighted by Gasteiger charge is 2.17. The van der Waals surface area contributed by atoms with E-state index in [2.05, 4.69) is 15.2 Å². The van der Waals surface area contributed by atoms with Crippen molar-refractivity contribution in [3.8, 4) is 22.6 Å². The standard InChI is InChI=1S/C13H12FN5/c1-19-7-6-16-13(19)11-10(12(15)18-17-11)8-2-4-9(14)5-3-8/h2-7H,1H3,(H3,15,17,18). The largest absolute Gasteiger partial charge is 0.382 e. The van der Waals surface area contributed by atoms with Crippen LogP contribution in [0.15, 0.2) is 36.7 Å². The number of benzene rings is 1. The van der Waals surface area contributed by atoms with Crippen molar-refractivity contribution >= 4 is 5.82 Å². The maximum absolute atomic E-state index is 13.0. The van der Waals surface area contributed by atoms with E-state index in [1.165, 1.54) is 12.1 Å². The molecule has 19 heavy (non-hydrogen) atoms. The van der Waals surface area contributed by atoms with E-state index < -0.39 is 0 Å². The van der Waals surface area contributed by atoms with Crippen LogP contribution < -0.4 is 5.73 Å². The predicted molar refractivity (Wildman–Crippen MR) is 70.6 cm³/mol. The summed E-state index contributed by atoms with van der Waals surface area (Å²) in [4.78, 5) is 4.27. The number of aromatic nitrogens is 4. The third-order valence-electron chi connectivity index (χ3n) is 2.97. The summed E-state index contributed by atoms with van der Waals surface area (Å²) in [6.07, 6.45) is 3.53. The molecule has 96 valence electrons. The second-order valence-corrected chi connectivity index (χ2v) is 4.23. The minimum atomic E-state index is -0.288. The zero-order valence-electron chi connectivity index (χ0n) is 10.3. The zero-order chi connectivity index (χ0) is 13.4. The Morgan fingerprint density at radius 2 is 2.00 bits per heavy atom. The Balaban J connectivity index is 2.19. The summed E-state index contributed by atoms with van der Waals surface area (Å²) >= 11 is 0. The van der Waals surface area contributed by atoms with Crippen LogP contribution in [0.2, 0.25) is 0 Å². The SMILES string of the molecule is Cn1ccnc1-c1[nH]nc(N)c1-c1ccc(F)cc1. The van der Waals surface area contributed by atoms with Gasteiger partial charge >= 0.3 is 0 Å². The molecule has 0 atom stereocenters. The molecule has 5 nitrogen and oxygen atoms in total. The van der Waals surface area contributed by atoms with Gasteiger partial charge in [-0.3, -0.25) is 5.10 Å². The second-order valence-electron chi connectivity index (χ2n) is 4.23. The molecule has 0 saturated carbocycles. The van der Waals surface area contributed by atoms with E-state index in [-0.39, 0.29) is 5.82 Å². The fraction of sp³-hybridized carbons (Fsp3) is 0.0769. The molecule has 0 aliphatic heterocycles. The van der Waals surface area contributed by atoms with Crippen molar-refractivity contribution in [1.29, 1.82) is 0 Å². The highest BCUT2D eigenvalue weighted by Crippen LogP contribution is 2.33. The molecule has 3 N–H and O–H groups in total. The van der Waals surface area contributed by atoms with Gasteiger partial charge < -0.3 is 10.3 Å². The maximum Gasteiger partial charge on any atom is 0.158 e. The molecule has 2 aromatic heterocycles. The molecule has 0 saturated heterocycles. The van der Waals surface area contributed by atoms with E-state index in [0.29, 0.717) is 5.82 Å². The van der Waals surface area contributed by atoms with Gasteiger partial charge in [0.25, 0.3) is 0 Å². The normalized spacial score (nSPS) is 10.8. The van der Waals surface area contributed by atoms with Gasteiger partial charge in [-0.2, -0.15) is 5.10 Å². The lowest BCUT2D eigenvalue weighted by atomic mass is 10.1. The first kappa shape index (κ1) is 11.5. The number of nitrogens with zero attached hydrogens (tertiary/aromatic N) is 3. The fourth-order valence-corrected chi connectivity index (χ4v) is 2.03. The maximum atomic E-state index is 13.0. The molecule has 0 aliphatic rings. The summed E-state index contributed by atoms with van der Waals surface area (Å²) in [6.45, 7) is 0. The molecule has 3 rings (SSSR count). The number of nitrogens with one attached hydrogen (secondary N) is 1. The van der Waals surface area contributed by atoms with Crippen LogP contribution in [-0.4, -0.2) is 19.7 Å². The number of nitrogens with two attached hydrogens (primary N) is 1. The number of rotatable bonds is 2. The van der Waals surface area contributed by atoms with Crippen LogP contribution in [-0.2, 0) is 7.05 Å². The topological polar surface area (TPSA) is 72.5 Å². The lowest BCUT2D eigenvalue weighted by Crippen LogP contribution is -1.94. The second kappa shape index (κ2) is 4.24. The van der Waals surface area contributed by atoms with Crippen LogP contribution >= 0.6 is 0 Å². The molecular formula is C13H12FN5. The van der Waals surface area contributed by atoms with E-state index in [0.717, 1.165) is 22.6 Å². The van der Waals surface area contributed by atoms with Crippen molar-refractivity contribution in [3.05, 3.63) is 42.5 Å². The van der Waals surface area contributed by atoms with Gasteiger partial charge in [0.15, 0.2) is 11.6 Å². The lowest BCUT2D eigenvalue weighted by Gasteiger charge is -2.04. The lowest BCUT2D eigenvalue weighted by molar-refractivity contribution is 0.628. The summed E-state index contributed by atoms with van der Waals surface area (Å²) in [5.74, 6) is 0.803. The summed E-state index contributed by atoms with van der Waals surface area (Å²) in [5, 5.41) is 6.90. The molecule has 0 unspecified atom stereocenters. The number of hydrogen-bond donors (Lipinski definition) is 2. The number of aryl methyl sites for hydroxylation is 1. The summed E-state index contributed by atoms with van der Waals surface area (Å²) in [6, 6.07) is 6.12. The van der Waals surface area contributed by atoms with Crippen LogP contribution in [0.3, 0.4) is 0 Å². The van der Waals surface area contributed by atoms with Gasteiger partial charge in [-0.25, -0.2) is 9.37 Å². The Labute approximate surface area is 108 Å². The molecule has 6 heteroatoms. The van der Waals surface area contributed by atoms with Crippen LogP contribution in [0, 0.1) is 5.82 Å². The number of aromatic amines is 1. The van der Waals surface area contributed by atoms with E-state index in [4.69, 9.17) is 5.73 Å². The number of hydrogen-bond acceptors (Lipinski definition) is 3. The highest BCUT2D eigenvalue weighted by atomic mass is 19.1. The average Bonchev–Trinajstić information content (AvgIpc) is 2.97. The zero-order valence-corrected chi connectivity index (χ0v) is 10.3. The van der Waals surface area contributed by atoms with Crippen molar-refractivity contribution < 1.29 is 4.39 Å². The Kier molecular flexibility index (Phi) is 2.56. The third kappa shape index (κ3) is 1.87. The van der Waals surface area contributed by atoms with Crippen molar-refractivity contribution in [2.24, 2.45) is 7.05 Å². The molecule has 0 spiro atoms. The first-order chi connectivity index (χ1) is 9.16. The molecule has 2 heterocycles. The van der Waals surface area contributed by atoms with Crippen molar-refractivity contribution in [3.63, 3.8) is 0 Å². The predicted octanol–water partition coefficient (Wildman–Crippen LogP) is 2.20. The van der Waals surface area contributed by atoms with E-state index in [9.17, 15) is 4.39 Å². The number of halogens is 1. The van der Waals surface area contributed by atoms with E-state index in [1.807, 2.05) is 17.8 Å². The van der Waals surface area contributed by atoms with Gasteiger partial charge in [-0.1, -0.05) is 12.1 Å². The molecule has 0 bridgehead atoms. The van der Waals surface area contributed by atoms with Gasteiger partial charge in [0.2, 0.25) is 0 Å². The molecule has 1 aromatic carbocycles. The van der Waals surface area contributed by atoms with Gasteiger partial charge in [-0.05, 0) is 17.7 Å². The fourth-order valence-electron chi connectivity index (χ4n) is 2.03. The number of nitrogen functional groups attached to an aromatic ring is 1. The quantitative estimate of drug-likeness (QED) is 0.739. The van der Waals surface area contributed by atoms with Gasteiger partial charge in [0.1, 0.15) is 11.5 Å². The first-order valence-electron chi connectivity index (χ1n) is 5.74. The Hall–Kier alpha value is -2.63. The van der Waals surface area contributed by atoms with Crippen LogP contribution in [0.25, 0.3) is 22.6 Å². The number of H-pyrrole nitrogens is 1. The van der Waals surface area contributed by atoms with Crippen LogP contribution in [0.4, 0.5) is 10.2 Å². The monoisotopic (exact) mass is 257 g/mol. The Bertz CT molecular complexity index is 711. The van der Waals surface area contributed by atoms with Crippen LogP contribution in [0.1, 0.15) is 0 Å². The minimum absolute atomic E-state index is 0.288. The summed E-state index contributed by atoms with van der Waals surface area (Å²) in [7, 11) is 1.88. The molecule has 3 aromatic rings. The Morgan fingerprint density at radius 3 is 2.63 bits per heavy atom. The summed E-state index contributed by atoms with van der Waals surface area (Å²) < 4.78 is 14.9. The average molecular weight is 257 g/mol. The van der Waals surface area contributed by atoms with Gasteiger partial charge in [0.05, 0.1) is 5.56 Å². The van der Waals surface area contributed by atoms with Crippen molar-refractivity contribution in [2.45, 2.75) is 0 Å². The highest BCUT2D eigenvalue weighted by molar-refractivity contribution is 5.85. The third-order valence-corrected chi connectivity index (χ3v) is 2.97. The summed E-state index contributed by atoms with van der Waals surface area (Å²) in [5.41, 5.74) is 8.14. The Morgan fingerprint density at radius 1 is 1.26 bits per heavy atom. The number of anilines is 1. The first-order valence-corrected chi connectivity index (χ1v) is 5.74. The van der Waals surface area contributed by atoms with E-state index >= 15 is 0 Å². The van der Waals surface area contributed by atoms with Crippen molar-refractivity contribution in [1.82, 2.24) is 19.7 Å². The minimum Gasteiger partial charge on any atom is -0.382 e. The number of imidazole rings is 1. The van der Waals surface area contributed by atoms with Crippen molar-refractivity contribution in [2.75, 3.05) is 5.73 Å². The van der Waals surface area contributed by atoms with Gasteiger partial charge in [0, 0.05) is 19.4 Å².